The van der Waals surface area contributed by atoms with Crippen LogP contribution in [0.25, 0.3) is 0 Å². The van der Waals surface area contributed by atoms with Crippen LogP contribution in [0.5, 0.6) is 0 Å². The fraction of sp³-hybridized carbons (Fsp3) is 0.700. The molecule has 0 aromatic carbocycles. The van der Waals surface area contributed by atoms with Crippen molar-refractivity contribution in [3.8, 4) is 0 Å². The minimum Gasteiger partial charge on any atom is -0.381 e. The first kappa shape index (κ1) is 11.3. The summed E-state index contributed by atoms with van der Waals surface area (Å²) in [5, 5.41) is 4.51. The first-order valence-electron chi connectivity index (χ1n) is 5.17. The number of thiazole rings is 1. The van der Waals surface area contributed by atoms with Gasteiger partial charge < -0.3 is 10.1 Å². The van der Waals surface area contributed by atoms with E-state index >= 15 is 0 Å². The number of nitrogens with one attached hydrogen (secondary N) is 1. The van der Waals surface area contributed by atoms with Crippen LogP contribution in [-0.2, 0) is 11.3 Å². The number of aromatic nitrogens is 1. The van der Waals surface area contributed by atoms with Crippen LogP contribution in [0.3, 0.4) is 0 Å². The number of nitrogens with zero attached hydrogens (tertiary/aromatic N) is 1. The van der Waals surface area contributed by atoms with Crippen LogP contribution < -0.4 is 5.32 Å². The first-order chi connectivity index (χ1) is 7.25. The molecule has 1 fully saturated rings. The van der Waals surface area contributed by atoms with E-state index in [4.69, 9.17) is 16.3 Å². The van der Waals surface area contributed by atoms with Crippen molar-refractivity contribution in [1.29, 1.82) is 0 Å². The molecular formula is C10H15ClN2OS. The fourth-order valence-corrected chi connectivity index (χ4v) is 2.64. The van der Waals surface area contributed by atoms with Gasteiger partial charge in [0.1, 0.15) is 9.34 Å². The van der Waals surface area contributed by atoms with Gasteiger partial charge in [0, 0.05) is 19.2 Å². The Morgan fingerprint density at radius 1 is 1.80 bits per heavy atom. The second-order valence-electron chi connectivity index (χ2n) is 3.85. The average Bonchev–Trinajstić information content (AvgIpc) is 2.84. The standard InChI is InChI=1S/C10H15ClN2OS/c1-7(8-2-3-14-6-8)12-5-10-13-4-9(11)15-10/h4,7-8,12H,2-3,5-6H2,1H3. The highest BCUT2D eigenvalue weighted by Crippen LogP contribution is 2.20. The minimum absolute atomic E-state index is 0.482. The average molecular weight is 247 g/mol. The molecule has 84 valence electrons. The van der Waals surface area contributed by atoms with E-state index in [2.05, 4.69) is 17.2 Å². The molecule has 0 aliphatic carbocycles. The van der Waals surface area contributed by atoms with E-state index < -0.39 is 0 Å². The van der Waals surface area contributed by atoms with E-state index in [0.29, 0.717) is 12.0 Å². The summed E-state index contributed by atoms with van der Waals surface area (Å²) < 4.78 is 6.11. The summed E-state index contributed by atoms with van der Waals surface area (Å²) in [5.74, 6) is 0.639. The maximum Gasteiger partial charge on any atom is 0.113 e. The minimum atomic E-state index is 0.482. The van der Waals surface area contributed by atoms with E-state index in [1.165, 1.54) is 11.3 Å². The lowest BCUT2D eigenvalue weighted by Crippen LogP contribution is -2.33. The summed E-state index contributed by atoms with van der Waals surface area (Å²) >= 11 is 7.34. The van der Waals surface area contributed by atoms with Gasteiger partial charge in [0.2, 0.25) is 0 Å². The highest BCUT2D eigenvalue weighted by molar-refractivity contribution is 7.15. The van der Waals surface area contributed by atoms with Crippen LogP contribution in [0.15, 0.2) is 6.20 Å². The SMILES string of the molecule is CC(NCc1ncc(Cl)s1)C1CCOC1. The zero-order valence-electron chi connectivity index (χ0n) is 8.70. The topological polar surface area (TPSA) is 34.2 Å². The molecule has 1 aliphatic heterocycles. The summed E-state index contributed by atoms with van der Waals surface area (Å²) in [7, 11) is 0. The van der Waals surface area contributed by atoms with Crippen molar-refractivity contribution in [2.75, 3.05) is 13.2 Å². The van der Waals surface area contributed by atoms with Gasteiger partial charge in [0.25, 0.3) is 0 Å². The highest BCUT2D eigenvalue weighted by atomic mass is 35.5. The third-order valence-electron chi connectivity index (χ3n) is 2.77. The van der Waals surface area contributed by atoms with Crippen molar-refractivity contribution < 1.29 is 4.74 Å². The molecule has 2 unspecified atom stereocenters. The van der Waals surface area contributed by atoms with E-state index in [1.807, 2.05) is 0 Å². The molecule has 2 atom stereocenters. The van der Waals surface area contributed by atoms with E-state index in [-0.39, 0.29) is 0 Å². The summed E-state index contributed by atoms with van der Waals surface area (Å²) in [6.07, 6.45) is 2.86. The fourth-order valence-electron chi connectivity index (χ4n) is 1.73. The lowest BCUT2D eigenvalue weighted by atomic mass is 10.0. The van der Waals surface area contributed by atoms with Gasteiger partial charge in [-0.2, -0.15) is 0 Å². The Morgan fingerprint density at radius 3 is 3.27 bits per heavy atom. The Kier molecular flexibility index (Phi) is 3.97. The molecule has 0 spiro atoms. The number of ether oxygens (including phenoxy) is 1. The quantitative estimate of drug-likeness (QED) is 0.886. The molecule has 1 aromatic rings. The van der Waals surface area contributed by atoms with Crippen molar-refractivity contribution in [3.63, 3.8) is 0 Å². The van der Waals surface area contributed by atoms with E-state index in [0.717, 1.165) is 35.5 Å². The Morgan fingerprint density at radius 2 is 2.67 bits per heavy atom. The molecule has 1 aliphatic rings. The van der Waals surface area contributed by atoms with Crippen LogP contribution in [0, 0.1) is 5.92 Å². The zero-order valence-corrected chi connectivity index (χ0v) is 10.3. The Bertz CT molecular complexity index is 312. The predicted molar refractivity (Wildman–Crippen MR) is 62.4 cm³/mol. The number of hydrogen-bond donors (Lipinski definition) is 1. The maximum absolute atomic E-state index is 5.81. The molecule has 5 heteroatoms. The van der Waals surface area contributed by atoms with Gasteiger partial charge in [0.05, 0.1) is 12.8 Å². The number of hydrogen-bond acceptors (Lipinski definition) is 4. The number of rotatable bonds is 4. The molecule has 2 heterocycles. The van der Waals surface area contributed by atoms with E-state index in [1.54, 1.807) is 6.20 Å². The molecule has 1 aromatic heterocycles. The Hall–Kier alpha value is -0.160. The molecule has 2 rings (SSSR count). The van der Waals surface area contributed by atoms with Gasteiger partial charge in [-0.05, 0) is 19.3 Å². The Labute approximate surface area is 98.8 Å². The van der Waals surface area contributed by atoms with E-state index in [9.17, 15) is 0 Å². The largest absolute Gasteiger partial charge is 0.381 e. The van der Waals surface area contributed by atoms with Crippen LogP contribution in [-0.4, -0.2) is 24.2 Å². The van der Waals surface area contributed by atoms with Crippen LogP contribution in [0.1, 0.15) is 18.4 Å². The summed E-state index contributed by atoms with van der Waals surface area (Å²) in [6.45, 7) is 4.79. The van der Waals surface area contributed by atoms with Gasteiger partial charge in [-0.15, -0.1) is 11.3 Å². The van der Waals surface area contributed by atoms with Crippen molar-refractivity contribution in [3.05, 3.63) is 15.5 Å². The molecule has 0 radical (unpaired) electrons. The molecule has 3 nitrogen and oxygen atoms in total. The summed E-state index contributed by atoms with van der Waals surface area (Å²) in [4.78, 5) is 4.21. The molecule has 1 saturated heterocycles. The molecular weight excluding hydrogens is 232 g/mol. The second-order valence-corrected chi connectivity index (χ2v) is 5.60. The van der Waals surface area contributed by atoms with Crippen molar-refractivity contribution in [1.82, 2.24) is 10.3 Å². The maximum atomic E-state index is 5.81. The van der Waals surface area contributed by atoms with Gasteiger partial charge in [-0.3, -0.25) is 0 Å². The van der Waals surface area contributed by atoms with Gasteiger partial charge >= 0.3 is 0 Å². The van der Waals surface area contributed by atoms with Crippen molar-refractivity contribution in [2.24, 2.45) is 5.92 Å². The molecule has 15 heavy (non-hydrogen) atoms. The molecule has 0 bridgehead atoms. The van der Waals surface area contributed by atoms with Gasteiger partial charge in [0.15, 0.2) is 0 Å². The van der Waals surface area contributed by atoms with Crippen LogP contribution in [0.4, 0.5) is 0 Å². The highest BCUT2D eigenvalue weighted by Gasteiger charge is 2.21. The first-order valence-corrected chi connectivity index (χ1v) is 6.36. The monoisotopic (exact) mass is 246 g/mol. The van der Waals surface area contributed by atoms with Crippen LogP contribution in [0.2, 0.25) is 4.34 Å². The molecule has 1 N–H and O–H groups in total. The third kappa shape index (κ3) is 3.14. The lowest BCUT2D eigenvalue weighted by Gasteiger charge is -2.18. The summed E-state index contributed by atoms with van der Waals surface area (Å²) in [5.41, 5.74) is 0. The van der Waals surface area contributed by atoms with Crippen molar-refractivity contribution >= 4 is 22.9 Å². The zero-order chi connectivity index (χ0) is 10.7. The molecule has 0 amide bonds. The van der Waals surface area contributed by atoms with Gasteiger partial charge in [-0.25, -0.2) is 4.98 Å². The lowest BCUT2D eigenvalue weighted by molar-refractivity contribution is 0.178. The van der Waals surface area contributed by atoms with Gasteiger partial charge in [-0.1, -0.05) is 11.6 Å². The van der Waals surface area contributed by atoms with Crippen molar-refractivity contribution in [2.45, 2.75) is 25.9 Å². The summed E-state index contributed by atoms with van der Waals surface area (Å²) in [6, 6.07) is 0.482. The predicted octanol–water partition coefficient (Wildman–Crippen LogP) is 2.31. The molecule has 0 saturated carbocycles. The third-order valence-corrected chi connectivity index (χ3v) is 3.89. The normalized spacial score (nSPS) is 23.2. The Balaban J connectivity index is 1.77. The number of halogens is 1. The van der Waals surface area contributed by atoms with Crippen LogP contribution >= 0.6 is 22.9 Å². The second kappa shape index (κ2) is 5.25. The smallest absolute Gasteiger partial charge is 0.113 e.